The van der Waals surface area contributed by atoms with E-state index in [4.69, 9.17) is 14.2 Å². The lowest BCUT2D eigenvalue weighted by Gasteiger charge is -2.18. The van der Waals surface area contributed by atoms with Crippen LogP contribution in [-0.4, -0.2) is 37.9 Å². The molecule has 68 heavy (non-hydrogen) atoms. The lowest BCUT2D eigenvalue weighted by Crippen LogP contribution is -2.30. The second-order valence-corrected chi connectivity index (χ2v) is 18.4. The zero-order chi connectivity index (χ0) is 49.2. The van der Waals surface area contributed by atoms with Crippen molar-refractivity contribution in [2.75, 3.05) is 19.8 Å². The normalized spacial score (nSPS) is 13.0. The molecular formula is C63H106O5. The van der Waals surface area contributed by atoms with Gasteiger partial charge in [-0.05, 0) is 109 Å². The molecule has 0 saturated carbocycles. The van der Waals surface area contributed by atoms with E-state index in [2.05, 4.69) is 124 Å². The summed E-state index contributed by atoms with van der Waals surface area (Å²) in [6.45, 7) is 7.50. The Morgan fingerprint density at radius 2 is 0.691 bits per heavy atom. The maximum atomic E-state index is 12.8. The molecule has 0 fully saturated rings. The molecule has 0 bridgehead atoms. The molecule has 5 nitrogen and oxygen atoms in total. The van der Waals surface area contributed by atoms with Gasteiger partial charge in [-0.3, -0.25) is 9.59 Å². The molecule has 0 aliphatic rings. The first-order chi connectivity index (χ1) is 33.6. The van der Waals surface area contributed by atoms with Gasteiger partial charge in [-0.15, -0.1) is 0 Å². The van der Waals surface area contributed by atoms with Gasteiger partial charge in [0.1, 0.15) is 6.61 Å². The third-order valence-electron chi connectivity index (χ3n) is 11.8. The first-order valence-electron chi connectivity index (χ1n) is 28.4. The molecule has 0 N–H and O–H groups in total. The first kappa shape index (κ1) is 64.6. The van der Waals surface area contributed by atoms with Crippen LogP contribution in [0.25, 0.3) is 0 Å². The molecule has 1 unspecified atom stereocenters. The fraction of sp³-hybridized carbons (Fsp3) is 0.683. The summed E-state index contributed by atoms with van der Waals surface area (Å²) in [5, 5.41) is 0. The van der Waals surface area contributed by atoms with Crippen LogP contribution in [0.4, 0.5) is 0 Å². The highest BCUT2D eigenvalue weighted by Crippen LogP contribution is 2.14. The van der Waals surface area contributed by atoms with Gasteiger partial charge < -0.3 is 14.2 Å². The Bertz CT molecular complexity index is 1340. The Labute approximate surface area is 421 Å². The average molecular weight is 944 g/mol. The van der Waals surface area contributed by atoms with E-state index < -0.39 is 6.10 Å². The predicted molar refractivity (Wildman–Crippen MR) is 297 cm³/mol. The van der Waals surface area contributed by atoms with E-state index in [0.717, 1.165) is 89.9 Å². The van der Waals surface area contributed by atoms with E-state index in [1.807, 2.05) is 6.08 Å². The number of carbonyl (C=O) groups excluding carboxylic acids is 2. The van der Waals surface area contributed by atoms with Crippen LogP contribution in [-0.2, 0) is 23.8 Å². The number of unbranched alkanes of at least 4 members (excludes halogenated alkanes) is 22. The number of ether oxygens (including phenoxy) is 3. The number of allylic oxidation sites excluding steroid dienone is 18. The lowest BCUT2D eigenvalue weighted by atomic mass is 10.1. The highest BCUT2D eigenvalue weighted by Gasteiger charge is 2.17. The Balaban J connectivity index is 4.33. The standard InChI is InChI=1S/C63H106O5/c1-4-7-10-13-16-19-22-25-27-29-31-33-35-37-40-43-46-49-52-55-58-66-59-61(68-63(65)57-54-51-48-45-42-38-24-21-18-15-12-9-6-3)60-67-62(64)56-53-50-47-44-41-39-36-34-32-30-28-26-23-20-17-14-11-8-5-2/h7,9-10,12,16,18-19,21,25-28,31,33,38,42,48,51,61H,4-6,8,11,13-15,17,20,22-24,29-30,32,34-37,39-41,43-47,49-50,52-60H2,1-3H3/b10-7-,12-9-,19-16-,21-18-,27-25-,28-26-,33-31-,42-38-,51-48-. The Morgan fingerprint density at radius 1 is 0.338 bits per heavy atom. The number of esters is 2. The summed E-state index contributed by atoms with van der Waals surface area (Å²) in [4.78, 5) is 25.5. The van der Waals surface area contributed by atoms with Gasteiger partial charge in [-0.2, -0.15) is 0 Å². The van der Waals surface area contributed by atoms with Crippen LogP contribution in [0.15, 0.2) is 109 Å². The molecule has 388 valence electrons. The van der Waals surface area contributed by atoms with Crippen LogP contribution in [0.3, 0.4) is 0 Å². The molecule has 0 rings (SSSR count). The minimum Gasteiger partial charge on any atom is -0.462 e. The zero-order valence-electron chi connectivity index (χ0n) is 44.6. The van der Waals surface area contributed by atoms with Gasteiger partial charge in [0.2, 0.25) is 0 Å². The van der Waals surface area contributed by atoms with Gasteiger partial charge in [0, 0.05) is 19.4 Å². The molecule has 0 aliphatic carbocycles. The number of rotatable bonds is 51. The minimum atomic E-state index is -0.588. The Kier molecular flexibility index (Phi) is 54.9. The Hall–Kier alpha value is -3.44. The summed E-state index contributed by atoms with van der Waals surface area (Å²) in [7, 11) is 0. The van der Waals surface area contributed by atoms with E-state index in [1.54, 1.807) is 0 Å². The van der Waals surface area contributed by atoms with Gasteiger partial charge in [0.05, 0.1) is 6.61 Å². The summed E-state index contributed by atoms with van der Waals surface area (Å²) >= 11 is 0. The molecule has 0 saturated heterocycles. The molecule has 0 heterocycles. The average Bonchev–Trinajstić information content (AvgIpc) is 3.34. The topological polar surface area (TPSA) is 61.8 Å². The fourth-order valence-electron chi connectivity index (χ4n) is 7.63. The van der Waals surface area contributed by atoms with E-state index in [0.29, 0.717) is 25.9 Å². The monoisotopic (exact) mass is 943 g/mol. The third kappa shape index (κ3) is 55.2. The van der Waals surface area contributed by atoms with Gasteiger partial charge in [-0.25, -0.2) is 0 Å². The van der Waals surface area contributed by atoms with E-state index >= 15 is 0 Å². The summed E-state index contributed by atoms with van der Waals surface area (Å²) in [6.07, 6.45) is 79.8. The van der Waals surface area contributed by atoms with Crippen LogP contribution in [0.5, 0.6) is 0 Å². The molecule has 0 aromatic carbocycles. The molecule has 1 atom stereocenters. The highest BCUT2D eigenvalue weighted by atomic mass is 16.6. The lowest BCUT2D eigenvalue weighted by molar-refractivity contribution is -0.162. The van der Waals surface area contributed by atoms with Gasteiger partial charge in [-0.1, -0.05) is 239 Å². The molecule has 0 spiro atoms. The van der Waals surface area contributed by atoms with Crippen molar-refractivity contribution in [2.24, 2.45) is 0 Å². The summed E-state index contributed by atoms with van der Waals surface area (Å²) in [6, 6.07) is 0. The van der Waals surface area contributed by atoms with E-state index in [9.17, 15) is 9.59 Å². The number of carbonyl (C=O) groups is 2. The second-order valence-electron chi connectivity index (χ2n) is 18.4. The SMILES string of the molecule is CC/C=C\C/C=C\C/C=C\C/C=C\CCCCCCCCCOCC(COC(=O)CCCCCCCCCCC/C=C\CCCCCCCC)OC(=O)CC/C=C\C/C=C\C/C=C\C/C=C\CC. The number of hydrogen-bond acceptors (Lipinski definition) is 5. The smallest absolute Gasteiger partial charge is 0.306 e. The highest BCUT2D eigenvalue weighted by molar-refractivity contribution is 5.70. The van der Waals surface area contributed by atoms with Gasteiger partial charge in [0.25, 0.3) is 0 Å². The van der Waals surface area contributed by atoms with Crippen LogP contribution < -0.4 is 0 Å². The van der Waals surface area contributed by atoms with Crippen LogP contribution in [0, 0.1) is 0 Å². The van der Waals surface area contributed by atoms with Crippen LogP contribution >= 0.6 is 0 Å². The first-order valence-corrected chi connectivity index (χ1v) is 28.4. The second kappa shape index (κ2) is 57.9. The van der Waals surface area contributed by atoms with Crippen molar-refractivity contribution in [3.63, 3.8) is 0 Å². The zero-order valence-corrected chi connectivity index (χ0v) is 44.6. The quantitative estimate of drug-likeness (QED) is 0.0345. The van der Waals surface area contributed by atoms with Crippen molar-refractivity contribution in [2.45, 2.75) is 258 Å². The van der Waals surface area contributed by atoms with Crippen LogP contribution in [0.2, 0.25) is 0 Å². The molecule has 0 aliphatic heterocycles. The van der Waals surface area contributed by atoms with E-state index in [-0.39, 0.29) is 25.2 Å². The predicted octanol–water partition coefficient (Wildman–Crippen LogP) is 19.6. The van der Waals surface area contributed by atoms with E-state index in [1.165, 1.54) is 122 Å². The third-order valence-corrected chi connectivity index (χ3v) is 11.8. The molecule has 0 aromatic rings. The van der Waals surface area contributed by atoms with Crippen molar-refractivity contribution < 1.29 is 23.8 Å². The summed E-state index contributed by atoms with van der Waals surface area (Å²) < 4.78 is 17.4. The van der Waals surface area contributed by atoms with Crippen molar-refractivity contribution in [1.82, 2.24) is 0 Å². The summed E-state index contributed by atoms with van der Waals surface area (Å²) in [5.41, 5.74) is 0. The molecular weight excluding hydrogens is 837 g/mol. The van der Waals surface area contributed by atoms with Crippen molar-refractivity contribution in [1.29, 1.82) is 0 Å². The molecule has 0 aromatic heterocycles. The molecule has 0 amide bonds. The van der Waals surface area contributed by atoms with Crippen molar-refractivity contribution in [3.8, 4) is 0 Å². The summed E-state index contributed by atoms with van der Waals surface area (Å²) in [5.74, 6) is -0.500. The maximum Gasteiger partial charge on any atom is 0.306 e. The minimum absolute atomic E-state index is 0.0460. The fourth-order valence-corrected chi connectivity index (χ4v) is 7.63. The maximum absolute atomic E-state index is 12.8. The van der Waals surface area contributed by atoms with Crippen molar-refractivity contribution in [3.05, 3.63) is 109 Å². The Morgan fingerprint density at radius 3 is 1.13 bits per heavy atom. The molecule has 5 heteroatoms. The molecule has 0 radical (unpaired) electrons. The van der Waals surface area contributed by atoms with Gasteiger partial charge >= 0.3 is 11.9 Å². The van der Waals surface area contributed by atoms with Gasteiger partial charge in [0.15, 0.2) is 6.10 Å². The van der Waals surface area contributed by atoms with Crippen LogP contribution in [0.1, 0.15) is 252 Å². The number of hydrogen-bond donors (Lipinski definition) is 0. The largest absolute Gasteiger partial charge is 0.462 e. The van der Waals surface area contributed by atoms with Crippen molar-refractivity contribution >= 4 is 11.9 Å².